The van der Waals surface area contributed by atoms with Gasteiger partial charge in [-0.25, -0.2) is 4.98 Å². The Hall–Kier alpha value is -1.91. The number of hydrogen-bond donors (Lipinski definition) is 0. The van der Waals surface area contributed by atoms with Crippen LogP contribution in [0.15, 0.2) is 24.0 Å². The molecule has 0 aliphatic rings. The minimum Gasteiger partial charge on any atom is -0.481 e. The zero-order valence-electron chi connectivity index (χ0n) is 7.93. The molecule has 0 aliphatic heterocycles. The molecule has 0 aliphatic carbocycles. The van der Waals surface area contributed by atoms with Gasteiger partial charge in [0.1, 0.15) is 0 Å². The lowest BCUT2D eigenvalue weighted by Gasteiger charge is -1.97. The van der Waals surface area contributed by atoms with Crippen molar-refractivity contribution in [1.29, 1.82) is 0 Å². The van der Waals surface area contributed by atoms with Crippen molar-refractivity contribution >= 4 is 6.08 Å². The molecule has 0 aromatic carbocycles. The summed E-state index contributed by atoms with van der Waals surface area (Å²) in [5.74, 6) is 0.487. The number of ether oxygens (including phenoxy) is 1. The van der Waals surface area contributed by atoms with Crippen molar-refractivity contribution in [2.24, 2.45) is 0 Å². The Morgan fingerprint density at radius 1 is 1.64 bits per heavy atom. The first-order valence-corrected chi connectivity index (χ1v) is 3.96. The minimum absolute atomic E-state index is 0.0805. The van der Waals surface area contributed by atoms with Crippen LogP contribution < -0.4 is 4.74 Å². The topological polar surface area (TPSA) is 65.3 Å². The van der Waals surface area contributed by atoms with Gasteiger partial charge in [0.05, 0.1) is 12.0 Å². The third-order valence-corrected chi connectivity index (χ3v) is 1.63. The highest BCUT2D eigenvalue weighted by atomic mass is 16.6. The van der Waals surface area contributed by atoms with Crippen LogP contribution in [0.4, 0.5) is 0 Å². The first-order chi connectivity index (χ1) is 6.63. The molecule has 0 unspecified atom stereocenters. The highest BCUT2D eigenvalue weighted by Crippen LogP contribution is 2.10. The molecule has 0 saturated heterocycles. The number of nitrogens with zero attached hydrogens (tertiary/aromatic N) is 2. The van der Waals surface area contributed by atoms with E-state index in [0.29, 0.717) is 11.4 Å². The highest BCUT2D eigenvalue weighted by Gasteiger charge is 2.02. The normalized spacial score (nSPS) is 11.1. The molecule has 5 heteroatoms. The summed E-state index contributed by atoms with van der Waals surface area (Å²) in [6.07, 6.45) is 2.97. The predicted octanol–water partition coefficient (Wildman–Crippen LogP) is 1.73. The lowest BCUT2D eigenvalue weighted by molar-refractivity contribution is -0.422. The van der Waals surface area contributed by atoms with Gasteiger partial charge in [0.2, 0.25) is 11.6 Å². The first kappa shape index (κ1) is 10.2. The van der Waals surface area contributed by atoms with Gasteiger partial charge < -0.3 is 4.74 Å². The van der Waals surface area contributed by atoms with Crippen molar-refractivity contribution in [3.63, 3.8) is 0 Å². The van der Waals surface area contributed by atoms with Crippen molar-refractivity contribution in [3.8, 4) is 5.88 Å². The summed E-state index contributed by atoms with van der Waals surface area (Å²) in [7, 11) is 1.51. The van der Waals surface area contributed by atoms with Crippen LogP contribution >= 0.6 is 0 Å². The summed E-state index contributed by atoms with van der Waals surface area (Å²) in [6.45, 7) is 1.43. The summed E-state index contributed by atoms with van der Waals surface area (Å²) < 4.78 is 4.86. The van der Waals surface area contributed by atoms with Crippen LogP contribution in [0, 0.1) is 10.1 Å². The molecule has 14 heavy (non-hydrogen) atoms. The second-order valence-electron chi connectivity index (χ2n) is 2.68. The van der Waals surface area contributed by atoms with E-state index in [4.69, 9.17) is 4.74 Å². The maximum absolute atomic E-state index is 10.3. The Labute approximate surface area is 81.2 Å². The molecule has 0 saturated carbocycles. The maximum Gasteiger partial charge on any atom is 0.243 e. The van der Waals surface area contributed by atoms with Crippen molar-refractivity contribution in [3.05, 3.63) is 39.7 Å². The van der Waals surface area contributed by atoms with E-state index in [-0.39, 0.29) is 5.70 Å². The molecule has 5 nitrogen and oxygen atoms in total. The predicted molar refractivity (Wildman–Crippen MR) is 51.4 cm³/mol. The minimum atomic E-state index is -0.440. The van der Waals surface area contributed by atoms with Gasteiger partial charge in [0.15, 0.2) is 0 Å². The highest BCUT2D eigenvalue weighted by molar-refractivity contribution is 5.49. The van der Waals surface area contributed by atoms with E-state index < -0.39 is 4.92 Å². The largest absolute Gasteiger partial charge is 0.481 e. The number of aromatic nitrogens is 1. The molecule has 1 aromatic rings. The molecule has 0 spiro atoms. The van der Waals surface area contributed by atoms with Crippen molar-refractivity contribution < 1.29 is 9.66 Å². The molecule has 0 radical (unpaired) electrons. The molecule has 0 N–H and O–H groups in total. The van der Waals surface area contributed by atoms with E-state index in [1.807, 2.05) is 0 Å². The summed E-state index contributed by atoms with van der Waals surface area (Å²) in [5.41, 5.74) is 0.761. The van der Waals surface area contributed by atoms with Crippen molar-refractivity contribution in [2.75, 3.05) is 7.11 Å². The van der Waals surface area contributed by atoms with Crippen LogP contribution in [0.3, 0.4) is 0 Å². The SMILES string of the molecule is COc1ccc(/C=C(/C)[N+](=O)[O-])cn1. The van der Waals surface area contributed by atoms with Crippen molar-refractivity contribution in [2.45, 2.75) is 6.92 Å². The summed E-state index contributed by atoms with van der Waals surface area (Å²) in [6, 6.07) is 3.36. The second-order valence-corrected chi connectivity index (χ2v) is 2.68. The van der Waals surface area contributed by atoms with Gasteiger partial charge in [-0.05, 0) is 11.6 Å². The third kappa shape index (κ3) is 2.55. The average Bonchev–Trinajstić information content (AvgIpc) is 2.19. The average molecular weight is 194 g/mol. The standard InChI is InChI=1S/C9H10N2O3/c1-7(11(12)13)5-8-3-4-9(14-2)10-6-8/h3-6H,1-2H3/b7-5-. The quantitative estimate of drug-likeness (QED) is 0.542. The van der Waals surface area contributed by atoms with E-state index in [1.165, 1.54) is 26.3 Å². The second kappa shape index (κ2) is 4.36. The summed E-state index contributed by atoms with van der Waals surface area (Å²) in [5, 5.41) is 10.3. The number of pyridine rings is 1. The van der Waals surface area contributed by atoms with Gasteiger partial charge in [0, 0.05) is 25.3 Å². The van der Waals surface area contributed by atoms with E-state index in [9.17, 15) is 10.1 Å². The molecular formula is C9H10N2O3. The van der Waals surface area contributed by atoms with Crippen molar-refractivity contribution in [1.82, 2.24) is 4.98 Å². The lowest BCUT2D eigenvalue weighted by atomic mass is 10.2. The fourth-order valence-electron chi connectivity index (χ4n) is 0.892. The Morgan fingerprint density at radius 2 is 2.36 bits per heavy atom. The Morgan fingerprint density at radius 3 is 2.79 bits per heavy atom. The Balaban J connectivity index is 2.88. The number of hydrogen-bond acceptors (Lipinski definition) is 4. The lowest BCUT2D eigenvalue weighted by Crippen LogP contribution is -1.93. The molecule has 0 atom stereocenters. The van der Waals surface area contributed by atoms with Crippen LogP contribution in [0.25, 0.3) is 6.08 Å². The molecule has 1 rings (SSSR count). The number of methoxy groups -OCH3 is 1. The summed E-state index contributed by atoms with van der Waals surface area (Å²) >= 11 is 0. The number of nitro groups is 1. The first-order valence-electron chi connectivity index (χ1n) is 3.96. The van der Waals surface area contributed by atoms with E-state index >= 15 is 0 Å². The summed E-state index contributed by atoms with van der Waals surface area (Å²) in [4.78, 5) is 13.8. The van der Waals surface area contributed by atoms with Gasteiger partial charge in [-0.1, -0.05) is 0 Å². The Bertz CT molecular complexity index is 357. The van der Waals surface area contributed by atoms with Gasteiger partial charge >= 0.3 is 0 Å². The smallest absolute Gasteiger partial charge is 0.243 e. The maximum atomic E-state index is 10.3. The molecule has 0 fully saturated rings. The molecule has 1 heterocycles. The molecule has 74 valence electrons. The molecule has 1 aromatic heterocycles. The fraction of sp³-hybridized carbons (Fsp3) is 0.222. The van der Waals surface area contributed by atoms with Gasteiger partial charge in [0.25, 0.3) is 0 Å². The van der Waals surface area contributed by atoms with E-state index in [2.05, 4.69) is 4.98 Å². The monoisotopic (exact) mass is 194 g/mol. The van der Waals surface area contributed by atoms with Crippen LogP contribution in [-0.4, -0.2) is 17.0 Å². The number of rotatable bonds is 3. The van der Waals surface area contributed by atoms with Crippen LogP contribution in [0.2, 0.25) is 0 Å². The van der Waals surface area contributed by atoms with Gasteiger partial charge in [-0.15, -0.1) is 0 Å². The third-order valence-electron chi connectivity index (χ3n) is 1.63. The Kier molecular flexibility index (Phi) is 3.17. The zero-order chi connectivity index (χ0) is 10.6. The van der Waals surface area contributed by atoms with Gasteiger partial charge in [-0.2, -0.15) is 0 Å². The van der Waals surface area contributed by atoms with Crippen LogP contribution in [0.1, 0.15) is 12.5 Å². The zero-order valence-corrected chi connectivity index (χ0v) is 7.93. The molecular weight excluding hydrogens is 184 g/mol. The molecule has 0 bridgehead atoms. The van der Waals surface area contributed by atoms with Crippen LogP contribution in [-0.2, 0) is 0 Å². The number of allylic oxidation sites excluding steroid dienone is 1. The fourth-order valence-corrected chi connectivity index (χ4v) is 0.892. The van der Waals surface area contributed by atoms with Crippen LogP contribution in [0.5, 0.6) is 5.88 Å². The van der Waals surface area contributed by atoms with E-state index in [0.717, 1.165) is 0 Å². The molecule has 0 amide bonds. The van der Waals surface area contributed by atoms with Gasteiger partial charge in [-0.3, -0.25) is 10.1 Å². The van der Waals surface area contributed by atoms with E-state index in [1.54, 1.807) is 12.1 Å².